The zero-order valence-corrected chi connectivity index (χ0v) is 26.9. The van der Waals surface area contributed by atoms with E-state index in [0.29, 0.717) is 11.3 Å². The first-order chi connectivity index (χ1) is 24.7. The lowest BCUT2D eigenvalue weighted by Gasteiger charge is -2.18. The molecule has 10 rings (SSSR count). The van der Waals surface area contributed by atoms with Crippen molar-refractivity contribution in [3.05, 3.63) is 175 Å². The zero-order chi connectivity index (χ0) is 33.3. The van der Waals surface area contributed by atoms with Crippen molar-refractivity contribution < 1.29 is 0 Å². The van der Waals surface area contributed by atoms with Gasteiger partial charge in [0.1, 0.15) is 0 Å². The average molecular weight is 631 g/mol. The minimum absolute atomic E-state index is 0.641. The highest BCUT2D eigenvalue weighted by Gasteiger charge is 2.25. The molecule has 0 heterocycles. The number of benzene rings is 9. The molecule has 0 fully saturated rings. The largest absolute Gasteiger partial charge is 0.238 e. The summed E-state index contributed by atoms with van der Waals surface area (Å²) in [6.07, 6.45) is 0. The van der Waals surface area contributed by atoms with E-state index in [1.165, 1.54) is 71.3 Å². The molecule has 2 heteroatoms. The van der Waals surface area contributed by atoms with E-state index in [1.54, 1.807) is 0 Å². The second-order valence-electron chi connectivity index (χ2n) is 13.0. The van der Waals surface area contributed by atoms with Crippen molar-refractivity contribution in [3.63, 3.8) is 0 Å². The van der Waals surface area contributed by atoms with Crippen LogP contribution in [0.5, 0.6) is 0 Å². The first-order valence-electron chi connectivity index (χ1n) is 16.8. The molecular formula is C48H26N2. The highest BCUT2D eigenvalue weighted by Crippen LogP contribution is 2.52. The molecule has 9 aromatic carbocycles. The van der Waals surface area contributed by atoms with Gasteiger partial charge in [-0.3, -0.25) is 0 Å². The van der Waals surface area contributed by atoms with Crippen molar-refractivity contribution in [2.75, 3.05) is 0 Å². The van der Waals surface area contributed by atoms with E-state index in [9.17, 15) is 5.26 Å². The lowest BCUT2D eigenvalue weighted by molar-refractivity contribution is 1.48. The van der Waals surface area contributed by atoms with Gasteiger partial charge in [-0.2, -0.15) is 5.26 Å². The van der Waals surface area contributed by atoms with E-state index in [1.807, 2.05) is 42.5 Å². The molecule has 1 aliphatic carbocycles. The summed E-state index contributed by atoms with van der Waals surface area (Å²) in [6.45, 7) is 7.78. The molecule has 0 unspecified atom stereocenters. The van der Waals surface area contributed by atoms with Gasteiger partial charge in [-0.15, -0.1) is 0 Å². The van der Waals surface area contributed by atoms with Crippen LogP contribution in [0.3, 0.4) is 0 Å². The molecular weight excluding hydrogens is 605 g/mol. The smallest absolute Gasteiger partial charge is 0.187 e. The number of nitrogens with zero attached hydrogens (tertiary/aromatic N) is 2. The quantitative estimate of drug-likeness (QED) is 0.141. The number of hydrogen-bond acceptors (Lipinski definition) is 1. The maximum absolute atomic E-state index is 9.38. The van der Waals surface area contributed by atoms with Gasteiger partial charge in [0.05, 0.1) is 18.2 Å². The third-order valence-corrected chi connectivity index (χ3v) is 10.4. The van der Waals surface area contributed by atoms with Crippen molar-refractivity contribution in [1.29, 1.82) is 5.26 Å². The van der Waals surface area contributed by atoms with E-state index in [0.717, 1.165) is 27.5 Å². The van der Waals surface area contributed by atoms with Crippen LogP contribution in [-0.2, 0) is 0 Å². The van der Waals surface area contributed by atoms with Crippen molar-refractivity contribution in [1.82, 2.24) is 0 Å². The lowest BCUT2D eigenvalue weighted by Crippen LogP contribution is -1.90. The van der Waals surface area contributed by atoms with Gasteiger partial charge >= 0.3 is 0 Å². The summed E-state index contributed by atoms with van der Waals surface area (Å²) in [4.78, 5) is 3.80. The van der Waals surface area contributed by atoms with Gasteiger partial charge in [0, 0.05) is 0 Å². The van der Waals surface area contributed by atoms with E-state index >= 15 is 0 Å². The zero-order valence-electron chi connectivity index (χ0n) is 26.9. The van der Waals surface area contributed by atoms with Crippen molar-refractivity contribution in [2.45, 2.75) is 0 Å². The molecule has 228 valence electrons. The second-order valence-corrected chi connectivity index (χ2v) is 13.0. The molecule has 0 saturated carbocycles. The van der Waals surface area contributed by atoms with E-state index in [2.05, 4.69) is 126 Å². The van der Waals surface area contributed by atoms with E-state index < -0.39 is 0 Å². The summed E-state index contributed by atoms with van der Waals surface area (Å²) in [5.41, 5.74) is 13.2. The Morgan fingerprint density at radius 2 is 0.920 bits per heavy atom. The number of fused-ring (bicyclic) bond motifs is 8. The van der Waals surface area contributed by atoms with Crippen LogP contribution in [0.4, 0.5) is 5.69 Å². The first kappa shape index (κ1) is 28.1. The van der Waals surface area contributed by atoms with Gasteiger partial charge in [0.15, 0.2) is 5.69 Å². The third-order valence-electron chi connectivity index (χ3n) is 10.4. The molecule has 0 bridgehead atoms. The number of rotatable bonds is 3. The fourth-order valence-electron chi connectivity index (χ4n) is 8.14. The standard InChI is InChI=1S/C48H26N2/c1-50-33-19-20-35-41(23-33)39(30-9-4-2-5-10-30)25-46-42(35)24-40(31-11-6-3-7-12-31)45-26-44-38-22-21-34(32-17-15-29(28-49)16-18-32)36-13-8-14-37(48(36)38)43(44)27-47(45)46/h2-27H. The van der Waals surface area contributed by atoms with Crippen LogP contribution in [0.15, 0.2) is 158 Å². The molecule has 50 heavy (non-hydrogen) atoms. The van der Waals surface area contributed by atoms with Crippen molar-refractivity contribution in [3.8, 4) is 61.7 Å². The average Bonchev–Trinajstić information content (AvgIpc) is 3.50. The predicted octanol–water partition coefficient (Wildman–Crippen LogP) is 13.4. The van der Waals surface area contributed by atoms with Crippen molar-refractivity contribution >= 4 is 48.8 Å². The molecule has 0 atom stereocenters. The van der Waals surface area contributed by atoms with Gasteiger partial charge in [-0.05, 0) is 141 Å². The fraction of sp³-hybridized carbons (Fsp3) is 0. The highest BCUT2D eigenvalue weighted by atomic mass is 14.6. The molecule has 0 aromatic heterocycles. The summed E-state index contributed by atoms with van der Waals surface area (Å²) in [5, 5.41) is 18.9. The maximum atomic E-state index is 9.38. The molecule has 2 nitrogen and oxygen atoms in total. The summed E-state index contributed by atoms with van der Waals surface area (Å²) in [6, 6.07) is 58.2. The molecule has 0 radical (unpaired) electrons. The Kier molecular flexibility index (Phi) is 6.04. The topological polar surface area (TPSA) is 28.1 Å². The molecule has 9 aromatic rings. The molecule has 0 N–H and O–H groups in total. The summed E-state index contributed by atoms with van der Waals surface area (Å²) in [5.74, 6) is 0. The Bertz CT molecular complexity index is 2960. The lowest BCUT2D eigenvalue weighted by atomic mass is 9.86. The Hall–Kier alpha value is -7.00. The molecule has 1 aliphatic rings. The van der Waals surface area contributed by atoms with Gasteiger partial charge in [-0.25, -0.2) is 4.85 Å². The SMILES string of the molecule is [C-]#[N+]c1ccc2c(c1)c(-c1ccccc1)cc1c3cc4c(cc3c(-c3ccccc3)cc21)-c1ccc(-c2ccc(C#N)cc2)c2cccc-4c12. The second kappa shape index (κ2) is 10.8. The Labute approximate surface area is 289 Å². The van der Waals surface area contributed by atoms with Crippen LogP contribution in [0.25, 0.3) is 104 Å². The van der Waals surface area contributed by atoms with Gasteiger partial charge in [-0.1, -0.05) is 115 Å². The maximum Gasteiger partial charge on any atom is 0.187 e. The van der Waals surface area contributed by atoms with Gasteiger partial charge in [0.25, 0.3) is 0 Å². The van der Waals surface area contributed by atoms with E-state index in [4.69, 9.17) is 6.57 Å². The molecule has 0 saturated heterocycles. The van der Waals surface area contributed by atoms with Crippen LogP contribution in [-0.4, -0.2) is 0 Å². The van der Waals surface area contributed by atoms with Crippen molar-refractivity contribution in [2.24, 2.45) is 0 Å². The monoisotopic (exact) mass is 630 g/mol. The normalized spacial score (nSPS) is 11.6. The Balaban J connectivity index is 1.32. The van der Waals surface area contributed by atoms with Crippen LogP contribution in [0, 0.1) is 17.9 Å². The first-order valence-corrected chi connectivity index (χ1v) is 16.8. The minimum Gasteiger partial charge on any atom is -0.238 e. The summed E-state index contributed by atoms with van der Waals surface area (Å²) in [7, 11) is 0. The fourth-order valence-corrected chi connectivity index (χ4v) is 8.14. The van der Waals surface area contributed by atoms with Crippen LogP contribution < -0.4 is 0 Å². The third kappa shape index (κ3) is 4.07. The summed E-state index contributed by atoms with van der Waals surface area (Å²) >= 11 is 0. The van der Waals surface area contributed by atoms with Crippen LogP contribution in [0.2, 0.25) is 0 Å². The predicted molar refractivity (Wildman–Crippen MR) is 208 cm³/mol. The molecule has 0 spiro atoms. The minimum atomic E-state index is 0.641. The van der Waals surface area contributed by atoms with Gasteiger partial charge in [0.2, 0.25) is 0 Å². The Morgan fingerprint density at radius 3 is 1.58 bits per heavy atom. The summed E-state index contributed by atoms with van der Waals surface area (Å²) < 4.78 is 0. The van der Waals surface area contributed by atoms with E-state index in [-0.39, 0.29) is 0 Å². The van der Waals surface area contributed by atoms with Crippen LogP contribution >= 0.6 is 0 Å². The number of hydrogen-bond donors (Lipinski definition) is 0. The highest BCUT2D eigenvalue weighted by molar-refractivity contribution is 6.27. The molecule has 0 amide bonds. The van der Waals surface area contributed by atoms with Crippen LogP contribution in [0.1, 0.15) is 5.56 Å². The Morgan fingerprint density at radius 1 is 0.380 bits per heavy atom. The number of nitriles is 1. The molecule has 0 aliphatic heterocycles. The van der Waals surface area contributed by atoms with Gasteiger partial charge < -0.3 is 0 Å².